The molecule has 0 aromatic carbocycles. The number of carbonyl (C=O) groups is 4. The van der Waals surface area contributed by atoms with Crippen LogP contribution in [-0.2, 0) is 57.1 Å². The van der Waals surface area contributed by atoms with Gasteiger partial charge in [-0.15, -0.1) is 0 Å². The zero-order valence-corrected chi connectivity index (χ0v) is 21.8. The van der Waals surface area contributed by atoms with Gasteiger partial charge in [0.25, 0.3) is 0 Å². The van der Waals surface area contributed by atoms with Gasteiger partial charge in [-0.1, -0.05) is 19.9 Å². The van der Waals surface area contributed by atoms with Crippen molar-refractivity contribution in [3.63, 3.8) is 0 Å². The fraction of sp³-hybridized carbons (Fsp3) is 0.750. The van der Waals surface area contributed by atoms with Gasteiger partial charge >= 0.3 is 23.9 Å². The maximum Gasteiger partial charge on any atom is 0.303 e. The van der Waals surface area contributed by atoms with E-state index in [9.17, 15) is 19.2 Å². The first-order valence-corrected chi connectivity index (χ1v) is 11.6. The van der Waals surface area contributed by atoms with Gasteiger partial charge in [0.05, 0.1) is 19.8 Å². The predicted octanol–water partition coefficient (Wildman–Crippen LogP) is 1.43. The number of carbonyl (C=O) groups excluding carboxylic acids is 4. The monoisotopic (exact) mass is 516 g/mol. The second-order valence-electron chi connectivity index (χ2n) is 9.47. The van der Waals surface area contributed by atoms with Crippen LogP contribution in [0.3, 0.4) is 0 Å². The predicted molar refractivity (Wildman–Crippen MR) is 121 cm³/mol. The van der Waals surface area contributed by atoms with Crippen LogP contribution in [-0.4, -0.2) is 87.3 Å². The largest absolute Gasteiger partial charge is 0.463 e. The summed E-state index contributed by atoms with van der Waals surface area (Å²) < 4.78 is 44.4. The smallest absolute Gasteiger partial charge is 0.303 e. The summed E-state index contributed by atoms with van der Waals surface area (Å²) in [6.07, 6.45) is -4.93. The first-order chi connectivity index (χ1) is 16.8. The van der Waals surface area contributed by atoms with Crippen LogP contribution in [0.2, 0.25) is 0 Å². The second kappa shape index (κ2) is 13.1. The van der Waals surface area contributed by atoms with Gasteiger partial charge in [-0.05, 0) is 12.5 Å². The fourth-order valence-electron chi connectivity index (χ4n) is 3.65. The molecule has 2 rings (SSSR count). The van der Waals surface area contributed by atoms with Crippen LogP contribution in [0.5, 0.6) is 0 Å². The first-order valence-electron chi connectivity index (χ1n) is 11.6. The molecule has 0 aromatic heterocycles. The van der Waals surface area contributed by atoms with E-state index in [-0.39, 0.29) is 18.6 Å². The molecular weight excluding hydrogens is 480 g/mol. The van der Waals surface area contributed by atoms with E-state index in [4.69, 9.17) is 37.9 Å². The minimum absolute atomic E-state index is 0.00775. The van der Waals surface area contributed by atoms with E-state index in [1.54, 1.807) is 6.08 Å². The van der Waals surface area contributed by atoms with E-state index in [2.05, 4.69) is 0 Å². The molecule has 2 aliphatic heterocycles. The highest BCUT2D eigenvalue weighted by Gasteiger charge is 2.52. The molecule has 0 radical (unpaired) electrons. The normalized spacial score (nSPS) is 28.6. The summed E-state index contributed by atoms with van der Waals surface area (Å²) in [5.41, 5.74) is 0.679. The van der Waals surface area contributed by atoms with Gasteiger partial charge in [-0.25, -0.2) is 0 Å². The Morgan fingerprint density at radius 2 is 1.33 bits per heavy atom. The van der Waals surface area contributed by atoms with Gasteiger partial charge in [0.1, 0.15) is 12.7 Å². The van der Waals surface area contributed by atoms with Crippen LogP contribution in [0.25, 0.3) is 0 Å². The van der Waals surface area contributed by atoms with Gasteiger partial charge < -0.3 is 37.9 Å². The standard InChI is InChI=1S/C24H36O12/c1-13(22-31-11-24(6,7)12-32-22)8-9-29-23-21(35-17(5)28)20(34-16(4)27)19(33-15(3)26)18(36-23)10-30-14(2)25/h8,18-23H,9-12H2,1-7H3/b13-8+/t18-,19-,20+,21-,23-/m1/s1. The lowest BCUT2D eigenvalue weighted by Crippen LogP contribution is -2.63. The van der Waals surface area contributed by atoms with Gasteiger partial charge in [0.15, 0.2) is 30.9 Å². The zero-order valence-electron chi connectivity index (χ0n) is 21.8. The topological polar surface area (TPSA) is 142 Å². The van der Waals surface area contributed by atoms with Crippen LogP contribution < -0.4 is 0 Å². The van der Waals surface area contributed by atoms with E-state index in [1.807, 2.05) is 20.8 Å². The molecule has 0 N–H and O–H groups in total. The van der Waals surface area contributed by atoms with E-state index in [0.717, 1.165) is 26.3 Å². The molecule has 2 heterocycles. The van der Waals surface area contributed by atoms with Crippen molar-refractivity contribution in [1.82, 2.24) is 0 Å². The molecule has 0 unspecified atom stereocenters. The SMILES string of the molecule is CC(=O)OC[C@H]1O[C@@H](OC/C=C(\C)C2OCC(C)(C)CO2)[C@H](OC(C)=O)[C@@H](OC(C)=O)[C@@H]1OC(C)=O. The molecule has 5 atom stereocenters. The van der Waals surface area contributed by atoms with Gasteiger partial charge in [0.2, 0.25) is 0 Å². The summed E-state index contributed by atoms with van der Waals surface area (Å²) in [6.45, 7) is 11.3. The Kier molecular flexibility index (Phi) is 10.8. The van der Waals surface area contributed by atoms with E-state index < -0.39 is 60.9 Å². The molecule has 12 heteroatoms. The third kappa shape index (κ3) is 9.16. The van der Waals surface area contributed by atoms with Crippen molar-refractivity contribution >= 4 is 23.9 Å². The maximum absolute atomic E-state index is 11.9. The molecule has 0 bridgehead atoms. The zero-order chi connectivity index (χ0) is 27.0. The average Bonchev–Trinajstić information content (AvgIpc) is 2.75. The van der Waals surface area contributed by atoms with Crippen LogP contribution in [0.1, 0.15) is 48.5 Å². The van der Waals surface area contributed by atoms with E-state index in [1.165, 1.54) is 6.92 Å². The summed E-state index contributed by atoms with van der Waals surface area (Å²) in [7, 11) is 0. The third-order valence-electron chi connectivity index (χ3n) is 5.24. The molecule has 0 saturated carbocycles. The summed E-state index contributed by atoms with van der Waals surface area (Å²) in [5, 5.41) is 0. The minimum Gasteiger partial charge on any atom is -0.463 e. The van der Waals surface area contributed by atoms with E-state index in [0.29, 0.717) is 13.2 Å². The van der Waals surface area contributed by atoms with Crippen LogP contribution >= 0.6 is 0 Å². The maximum atomic E-state index is 11.9. The molecule has 0 aromatic rings. The molecular formula is C24H36O12. The van der Waals surface area contributed by atoms with Crippen molar-refractivity contribution in [2.24, 2.45) is 5.41 Å². The fourth-order valence-corrected chi connectivity index (χ4v) is 3.65. The summed E-state index contributed by atoms with van der Waals surface area (Å²) >= 11 is 0. The van der Waals surface area contributed by atoms with Crippen LogP contribution in [0, 0.1) is 5.41 Å². The van der Waals surface area contributed by atoms with Crippen molar-refractivity contribution in [2.75, 3.05) is 26.4 Å². The van der Waals surface area contributed by atoms with E-state index >= 15 is 0 Å². The lowest BCUT2D eigenvalue weighted by molar-refractivity contribution is -0.306. The number of esters is 4. The Morgan fingerprint density at radius 3 is 1.86 bits per heavy atom. The Hall–Kier alpha value is -2.54. The van der Waals surface area contributed by atoms with Crippen molar-refractivity contribution in [3.05, 3.63) is 11.6 Å². The number of hydrogen-bond acceptors (Lipinski definition) is 12. The molecule has 2 saturated heterocycles. The van der Waals surface area contributed by atoms with Crippen molar-refractivity contribution in [3.8, 4) is 0 Å². The number of rotatable bonds is 9. The van der Waals surface area contributed by atoms with Crippen molar-refractivity contribution in [2.45, 2.75) is 85.5 Å². The molecule has 204 valence electrons. The Balaban J connectivity index is 2.24. The van der Waals surface area contributed by atoms with Crippen molar-refractivity contribution in [1.29, 1.82) is 0 Å². The second-order valence-corrected chi connectivity index (χ2v) is 9.47. The van der Waals surface area contributed by atoms with Gasteiger partial charge in [-0.2, -0.15) is 0 Å². The lowest BCUT2D eigenvalue weighted by atomic mass is 9.95. The Labute approximate surface area is 210 Å². The quantitative estimate of drug-likeness (QED) is 0.248. The van der Waals surface area contributed by atoms with Crippen LogP contribution in [0.15, 0.2) is 11.6 Å². The summed E-state index contributed by atoms with van der Waals surface area (Å²) in [6, 6.07) is 0. The number of ether oxygens (including phenoxy) is 8. The van der Waals surface area contributed by atoms with Gasteiger partial charge in [0, 0.05) is 33.1 Å². The number of hydrogen-bond donors (Lipinski definition) is 0. The average molecular weight is 517 g/mol. The summed E-state index contributed by atoms with van der Waals surface area (Å²) in [5.74, 6) is -2.72. The molecule has 0 amide bonds. The lowest BCUT2D eigenvalue weighted by Gasteiger charge is -2.44. The molecule has 0 spiro atoms. The minimum atomic E-state index is -1.29. The highest BCUT2D eigenvalue weighted by atomic mass is 16.7. The molecule has 12 nitrogen and oxygen atoms in total. The molecule has 2 fully saturated rings. The highest BCUT2D eigenvalue weighted by molar-refractivity contribution is 5.68. The van der Waals surface area contributed by atoms with Crippen LogP contribution in [0.4, 0.5) is 0 Å². The Morgan fingerprint density at radius 1 is 0.806 bits per heavy atom. The molecule has 0 aliphatic carbocycles. The first kappa shape index (κ1) is 29.7. The molecule has 2 aliphatic rings. The Bertz CT molecular complexity index is 825. The summed E-state index contributed by atoms with van der Waals surface area (Å²) in [4.78, 5) is 46.9. The molecule has 36 heavy (non-hydrogen) atoms. The highest BCUT2D eigenvalue weighted by Crippen LogP contribution is 2.30. The third-order valence-corrected chi connectivity index (χ3v) is 5.24. The van der Waals surface area contributed by atoms with Gasteiger partial charge in [-0.3, -0.25) is 19.2 Å². The van der Waals surface area contributed by atoms with Crippen molar-refractivity contribution < 1.29 is 57.1 Å².